The Balaban J connectivity index is 1.61. The summed E-state index contributed by atoms with van der Waals surface area (Å²) in [4.78, 5) is 31.7. The molecule has 23 heavy (non-hydrogen) atoms. The Bertz CT molecular complexity index is 496. The SMILES string of the molecule is O=C(NC1CCCCC1)c1nc[nH]c1C(=O)NC1CCCCC1. The average molecular weight is 318 g/mol. The van der Waals surface area contributed by atoms with Crippen LogP contribution in [0.5, 0.6) is 0 Å². The third-order valence-electron chi connectivity index (χ3n) is 4.96. The lowest BCUT2D eigenvalue weighted by Crippen LogP contribution is -2.39. The number of H-pyrrole nitrogens is 1. The van der Waals surface area contributed by atoms with Crippen molar-refractivity contribution in [3.05, 3.63) is 17.7 Å². The molecule has 1 heterocycles. The van der Waals surface area contributed by atoms with Gasteiger partial charge >= 0.3 is 0 Å². The Hall–Kier alpha value is -1.85. The van der Waals surface area contributed by atoms with E-state index in [4.69, 9.17) is 0 Å². The standard InChI is InChI=1S/C17H26N4O2/c22-16(20-12-7-3-1-4-8-12)14-15(19-11-18-14)17(23)21-13-9-5-2-6-10-13/h11-13H,1-10H2,(H,18,19)(H,20,22)(H,21,23). The van der Waals surface area contributed by atoms with Gasteiger partial charge in [0, 0.05) is 12.1 Å². The van der Waals surface area contributed by atoms with Gasteiger partial charge in [0.05, 0.1) is 6.33 Å². The third kappa shape index (κ3) is 4.12. The summed E-state index contributed by atoms with van der Waals surface area (Å²) in [7, 11) is 0. The lowest BCUT2D eigenvalue weighted by atomic mass is 9.95. The van der Waals surface area contributed by atoms with Crippen molar-refractivity contribution in [1.82, 2.24) is 20.6 Å². The zero-order chi connectivity index (χ0) is 16.1. The molecule has 0 spiro atoms. The van der Waals surface area contributed by atoms with Crippen molar-refractivity contribution in [1.29, 1.82) is 0 Å². The van der Waals surface area contributed by atoms with Crippen molar-refractivity contribution in [2.24, 2.45) is 0 Å². The molecule has 6 nitrogen and oxygen atoms in total. The molecule has 6 heteroatoms. The highest BCUT2D eigenvalue weighted by Crippen LogP contribution is 2.19. The molecule has 0 aromatic carbocycles. The Morgan fingerprint density at radius 3 is 1.96 bits per heavy atom. The zero-order valence-corrected chi connectivity index (χ0v) is 13.6. The molecule has 0 aliphatic heterocycles. The van der Waals surface area contributed by atoms with Crippen LogP contribution in [0.15, 0.2) is 6.33 Å². The maximum absolute atomic E-state index is 12.4. The second-order valence-corrected chi connectivity index (χ2v) is 6.74. The summed E-state index contributed by atoms with van der Waals surface area (Å²) in [5, 5.41) is 6.05. The molecule has 2 amide bonds. The number of imidazole rings is 1. The van der Waals surface area contributed by atoms with E-state index in [9.17, 15) is 9.59 Å². The van der Waals surface area contributed by atoms with Crippen LogP contribution in [0.4, 0.5) is 0 Å². The lowest BCUT2D eigenvalue weighted by molar-refractivity contribution is 0.0887. The maximum atomic E-state index is 12.4. The number of carbonyl (C=O) groups excluding carboxylic acids is 2. The second-order valence-electron chi connectivity index (χ2n) is 6.74. The minimum atomic E-state index is -0.244. The number of nitrogens with one attached hydrogen (secondary N) is 3. The summed E-state index contributed by atoms with van der Waals surface area (Å²) in [6, 6.07) is 0.427. The van der Waals surface area contributed by atoms with Gasteiger partial charge in [0.15, 0.2) is 5.69 Å². The number of aromatic nitrogens is 2. The lowest BCUT2D eigenvalue weighted by Gasteiger charge is -2.23. The molecule has 0 atom stereocenters. The predicted octanol–water partition coefficient (Wildman–Crippen LogP) is 2.53. The van der Waals surface area contributed by atoms with Crippen LogP contribution < -0.4 is 10.6 Å². The van der Waals surface area contributed by atoms with E-state index >= 15 is 0 Å². The van der Waals surface area contributed by atoms with E-state index in [0.717, 1.165) is 51.4 Å². The minimum absolute atomic E-state index is 0.210. The van der Waals surface area contributed by atoms with Gasteiger partial charge in [0.25, 0.3) is 11.8 Å². The average Bonchev–Trinajstić information content (AvgIpc) is 3.06. The summed E-state index contributed by atoms with van der Waals surface area (Å²) in [5.74, 6) is -0.463. The summed E-state index contributed by atoms with van der Waals surface area (Å²) >= 11 is 0. The summed E-state index contributed by atoms with van der Waals surface area (Å²) in [5.41, 5.74) is 0.493. The van der Waals surface area contributed by atoms with E-state index in [1.54, 1.807) is 0 Å². The van der Waals surface area contributed by atoms with Crippen LogP contribution in [0.25, 0.3) is 0 Å². The first kappa shape index (κ1) is 16.0. The van der Waals surface area contributed by atoms with Crippen molar-refractivity contribution in [2.45, 2.75) is 76.3 Å². The molecule has 1 aromatic heterocycles. The van der Waals surface area contributed by atoms with Crippen molar-refractivity contribution >= 4 is 11.8 Å². The Morgan fingerprint density at radius 2 is 1.39 bits per heavy atom. The van der Waals surface area contributed by atoms with Crippen molar-refractivity contribution in [3.63, 3.8) is 0 Å². The molecule has 2 fully saturated rings. The highest BCUT2D eigenvalue weighted by Gasteiger charge is 2.25. The molecule has 2 aliphatic carbocycles. The number of aromatic amines is 1. The van der Waals surface area contributed by atoms with Crippen LogP contribution in [0.1, 0.15) is 85.2 Å². The largest absolute Gasteiger partial charge is 0.348 e. The molecule has 3 rings (SSSR count). The minimum Gasteiger partial charge on any atom is -0.348 e. The van der Waals surface area contributed by atoms with Crippen LogP contribution >= 0.6 is 0 Å². The molecule has 2 aliphatic rings. The number of carbonyl (C=O) groups is 2. The van der Waals surface area contributed by atoms with Crippen LogP contribution in [0.2, 0.25) is 0 Å². The highest BCUT2D eigenvalue weighted by molar-refractivity contribution is 6.04. The molecular weight excluding hydrogens is 292 g/mol. The van der Waals surface area contributed by atoms with Gasteiger partial charge in [-0.25, -0.2) is 4.98 Å². The fourth-order valence-corrected chi connectivity index (χ4v) is 3.64. The summed E-state index contributed by atoms with van der Waals surface area (Å²) < 4.78 is 0. The van der Waals surface area contributed by atoms with Gasteiger partial charge in [0.1, 0.15) is 5.69 Å². The number of hydrogen-bond acceptors (Lipinski definition) is 3. The van der Waals surface area contributed by atoms with Crippen LogP contribution in [0.3, 0.4) is 0 Å². The Kier molecular flexibility index (Phi) is 5.31. The van der Waals surface area contributed by atoms with E-state index in [-0.39, 0.29) is 35.3 Å². The molecule has 0 bridgehead atoms. The molecule has 3 N–H and O–H groups in total. The topological polar surface area (TPSA) is 86.9 Å². The summed E-state index contributed by atoms with van der Waals surface area (Å²) in [6.45, 7) is 0. The number of hydrogen-bond donors (Lipinski definition) is 3. The number of rotatable bonds is 4. The molecule has 1 aromatic rings. The first-order valence-corrected chi connectivity index (χ1v) is 8.89. The maximum Gasteiger partial charge on any atom is 0.272 e. The van der Waals surface area contributed by atoms with Gasteiger partial charge in [-0.1, -0.05) is 38.5 Å². The first-order valence-electron chi connectivity index (χ1n) is 8.89. The van der Waals surface area contributed by atoms with Gasteiger partial charge in [-0.15, -0.1) is 0 Å². The molecule has 126 valence electrons. The normalized spacial score (nSPS) is 20.2. The fourth-order valence-electron chi connectivity index (χ4n) is 3.64. The third-order valence-corrected chi connectivity index (χ3v) is 4.96. The van der Waals surface area contributed by atoms with E-state index in [1.807, 2.05) is 0 Å². The highest BCUT2D eigenvalue weighted by atomic mass is 16.2. The van der Waals surface area contributed by atoms with E-state index in [1.165, 1.54) is 19.2 Å². The van der Waals surface area contributed by atoms with Gasteiger partial charge in [-0.3, -0.25) is 9.59 Å². The molecular formula is C17H26N4O2. The molecule has 0 radical (unpaired) electrons. The van der Waals surface area contributed by atoms with Crippen molar-refractivity contribution in [2.75, 3.05) is 0 Å². The monoisotopic (exact) mass is 318 g/mol. The van der Waals surface area contributed by atoms with Gasteiger partial charge in [-0.2, -0.15) is 0 Å². The second kappa shape index (κ2) is 7.62. The number of amides is 2. The van der Waals surface area contributed by atoms with Gasteiger partial charge in [-0.05, 0) is 25.7 Å². The fraction of sp³-hybridized carbons (Fsp3) is 0.706. The Morgan fingerprint density at radius 1 is 0.870 bits per heavy atom. The van der Waals surface area contributed by atoms with Crippen LogP contribution in [-0.2, 0) is 0 Å². The molecule has 0 unspecified atom stereocenters. The quantitative estimate of drug-likeness (QED) is 0.797. The van der Waals surface area contributed by atoms with Gasteiger partial charge in [0.2, 0.25) is 0 Å². The number of nitrogens with zero attached hydrogens (tertiary/aromatic N) is 1. The van der Waals surface area contributed by atoms with Crippen molar-refractivity contribution in [3.8, 4) is 0 Å². The van der Waals surface area contributed by atoms with Crippen LogP contribution in [0, 0.1) is 0 Å². The smallest absolute Gasteiger partial charge is 0.272 e. The molecule has 2 saturated carbocycles. The van der Waals surface area contributed by atoms with E-state index in [2.05, 4.69) is 20.6 Å². The molecule has 0 saturated heterocycles. The van der Waals surface area contributed by atoms with E-state index < -0.39 is 0 Å². The van der Waals surface area contributed by atoms with Crippen LogP contribution in [-0.4, -0.2) is 33.9 Å². The zero-order valence-electron chi connectivity index (χ0n) is 13.6. The Labute approximate surface area is 136 Å². The van der Waals surface area contributed by atoms with Crippen molar-refractivity contribution < 1.29 is 9.59 Å². The predicted molar refractivity (Wildman–Crippen MR) is 87.3 cm³/mol. The van der Waals surface area contributed by atoms with Gasteiger partial charge < -0.3 is 15.6 Å². The first-order chi connectivity index (χ1) is 11.2. The van der Waals surface area contributed by atoms with E-state index in [0.29, 0.717) is 0 Å². The summed E-state index contributed by atoms with van der Waals surface area (Å²) in [6.07, 6.45) is 12.6.